The first-order valence-corrected chi connectivity index (χ1v) is 8.91. The van der Waals surface area contributed by atoms with E-state index in [-0.39, 0.29) is 15.7 Å². The molecule has 0 N–H and O–H groups in total. The number of nitrogens with zero attached hydrogens (tertiary/aromatic N) is 2. The molecule has 1 aromatic heterocycles. The molecule has 0 amide bonds. The molecule has 2 aromatic carbocycles. The number of halogens is 2. The maximum atomic E-state index is 12.8. The number of hydrogen-bond acceptors (Lipinski definition) is 3. The minimum Gasteiger partial charge on any atom is -0.236 e. The van der Waals surface area contributed by atoms with Gasteiger partial charge in [0.05, 0.1) is 14.9 Å². The largest absolute Gasteiger partial charge is 0.269 e. The molecule has 118 valence electrons. The smallest absolute Gasteiger partial charge is 0.236 e. The summed E-state index contributed by atoms with van der Waals surface area (Å²) in [5, 5.41) is 0.604. The number of rotatable bonds is 3. The first-order chi connectivity index (χ1) is 10.9. The van der Waals surface area contributed by atoms with Gasteiger partial charge in [-0.05, 0) is 31.2 Å². The molecule has 0 unspecified atom stereocenters. The van der Waals surface area contributed by atoms with Crippen LogP contribution in [0.3, 0.4) is 0 Å². The summed E-state index contributed by atoms with van der Waals surface area (Å²) < 4.78 is 26.8. The predicted octanol–water partition coefficient (Wildman–Crippen LogP) is 4.40. The number of aromatic nitrogens is 2. The molecule has 7 heteroatoms. The van der Waals surface area contributed by atoms with Crippen LogP contribution in [0.5, 0.6) is 0 Å². The Labute approximate surface area is 144 Å². The zero-order valence-corrected chi connectivity index (χ0v) is 14.4. The van der Waals surface area contributed by atoms with Gasteiger partial charge in [-0.15, -0.1) is 0 Å². The molecular weight excluding hydrogens is 355 g/mol. The lowest BCUT2D eigenvalue weighted by molar-refractivity contribution is 0.588. The second kappa shape index (κ2) is 6.00. The zero-order valence-electron chi connectivity index (χ0n) is 12.1. The van der Waals surface area contributed by atoms with Gasteiger partial charge in [0.15, 0.2) is 5.82 Å². The molecule has 0 spiro atoms. The Bertz CT molecular complexity index is 964. The average Bonchev–Trinajstić information content (AvgIpc) is 3.00. The molecule has 0 radical (unpaired) electrons. The number of aryl methyl sites for hydroxylation is 1. The fourth-order valence-corrected chi connectivity index (χ4v) is 3.85. The van der Waals surface area contributed by atoms with Gasteiger partial charge in [-0.1, -0.05) is 47.0 Å². The number of hydrogen-bond donors (Lipinski definition) is 0. The standard InChI is InChI=1S/C16H12Cl2N2O2S/c1-11-5-7-12(8-6-11)23(21,22)20-10-9-19-16(20)13-3-2-4-14(17)15(13)18/h2-10H,1H3. The van der Waals surface area contributed by atoms with Gasteiger partial charge in [-0.25, -0.2) is 17.4 Å². The summed E-state index contributed by atoms with van der Waals surface area (Å²) in [6.07, 6.45) is 2.81. The molecule has 0 aliphatic rings. The minimum absolute atomic E-state index is 0.181. The highest BCUT2D eigenvalue weighted by atomic mass is 35.5. The van der Waals surface area contributed by atoms with E-state index in [9.17, 15) is 8.42 Å². The highest BCUT2D eigenvalue weighted by molar-refractivity contribution is 7.90. The van der Waals surface area contributed by atoms with E-state index in [0.717, 1.165) is 9.54 Å². The van der Waals surface area contributed by atoms with Crippen LogP contribution in [0, 0.1) is 6.92 Å². The molecule has 0 saturated carbocycles. The lowest BCUT2D eigenvalue weighted by Crippen LogP contribution is -2.13. The van der Waals surface area contributed by atoms with Crippen LogP contribution in [-0.2, 0) is 10.0 Å². The van der Waals surface area contributed by atoms with Crippen LogP contribution >= 0.6 is 23.2 Å². The van der Waals surface area contributed by atoms with Crippen molar-refractivity contribution in [3.05, 3.63) is 70.5 Å². The topological polar surface area (TPSA) is 52.0 Å². The van der Waals surface area contributed by atoms with Crippen molar-refractivity contribution in [3.8, 4) is 11.4 Å². The van der Waals surface area contributed by atoms with E-state index in [0.29, 0.717) is 10.6 Å². The molecular formula is C16H12Cl2N2O2S. The Morgan fingerprint density at radius 2 is 1.74 bits per heavy atom. The Morgan fingerprint density at radius 1 is 1.04 bits per heavy atom. The molecule has 0 bridgehead atoms. The van der Waals surface area contributed by atoms with Crippen molar-refractivity contribution in [2.24, 2.45) is 0 Å². The Balaban J connectivity index is 2.18. The van der Waals surface area contributed by atoms with Crippen molar-refractivity contribution in [1.29, 1.82) is 0 Å². The van der Waals surface area contributed by atoms with Gasteiger partial charge in [-0.3, -0.25) is 0 Å². The second-order valence-corrected chi connectivity index (χ2v) is 7.57. The lowest BCUT2D eigenvalue weighted by Gasteiger charge is -2.11. The van der Waals surface area contributed by atoms with Crippen LogP contribution in [0.25, 0.3) is 11.4 Å². The fourth-order valence-electron chi connectivity index (χ4n) is 2.17. The third kappa shape index (κ3) is 2.87. The number of benzene rings is 2. The van der Waals surface area contributed by atoms with Gasteiger partial charge in [0.1, 0.15) is 0 Å². The fraction of sp³-hybridized carbons (Fsp3) is 0.0625. The van der Waals surface area contributed by atoms with E-state index < -0.39 is 10.0 Å². The third-order valence-corrected chi connectivity index (χ3v) is 5.88. The van der Waals surface area contributed by atoms with E-state index >= 15 is 0 Å². The summed E-state index contributed by atoms with van der Waals surface area (Å²) >= 11 is 12.2. The quantitative estimate of drug-likeness (QED) is 0.689. The molecule has 0 aliphatic heterocycles. The Morgan fingerprint density at radius 3 is 2.43 bits per heavy atom. The van der Waals surface area contributed by atoms with Crippen LogP contribution in [0.15, 0.2) is 59.8 Å². The van der Waals surface area contributed by atoms with Crippen molar-refractivity contribution in [1.82, 2.24) is 8.96 Å². The normalized spacial score (nSPS) is 11.6. The lowest BCUT2D eigenvalue weighted by atomic mass is 10.2. The number of imidazole rings is 1. The second-order valence-electron chi connectivity index (χ2n) is 4.97. The van der Waals surface area contributed by atoms with E-state index in [2.05, 4.69) is 4.98 Å². The molecule has 23 heavy (non-hydrogen) atoms. The van der Waals surface area contributed by atoms with E-state index in [1.807, 2.05) is 6.92 Å². The van der Waals surface area contributed by atoms with Crippen LogP contribution in [0.1, 0.15) is 5.56 Å². The summed E-state index contributed by atoms with van der Waals surface area (Å²) in [6, 6.07) is 11.6. The minimum atomic E-state index is -3.77. The molecule has 3 rings (SSSR count). The first-order valence-electron chi connectivity index (χ1n) is 6.71. The molecule has 0 aliphatic carbocycles. The van der Waals surface area contributed by atoms with Crippen molar-refractivity contribution < 1.29 is 8.42 Å². The van der Waals surface area contributed by atoms with Gasteiger partial charge in [0.25, 0.3) is 10.0 Å². The van der Waals surface area contributed by atoms with Crippen molar-refractivity contribution in [2.75, 3.05) is 0 Å². The van der Waals surface area contributed by atoms with Crippen LogP contribution in [0.2, 0.25) is 10.0 Å². The monoisotopic (exact) mass is 366 g/mol. The summed E-state index contributed by atoms with van der Waals surface area (Å²) in [6.45, 7) is 1.89. The molecule has 0 fully saturated rings. The van der Waals surface area contributed by atoms with Gasteiger partial charge in [0.2, 0.25) is 0 Å². The van der Waals surface area contributed by atoms with Gasteiger partial charge in [0, 0.05) is 18.0 Å². The zero-order chi connectivity index (χ0) is 16.6. The van der Waals surface area contributed by atoms with E-state index in [1.54, 1.807) is 42.5 Å². The first kappa shape index (κ1) is 16.1. The third-order valence-electron chi connectivity index (χ3n) is 3.38. The summed E-state index contributed by atoms with van der Waals surface area (Å²) in [4.78, 5) is 4.32. The average molecular weight is 367 g/mol. The van der Waals surface area contributed by atoms with Gasteiger partial charge >= 0.3 is 0 Å². The Kier molecular flexibility index (Phi) is 4.19. The SMILES string of the molecule is Cc1ccc(S(=O)(=O)n2ccnc2-c2cccc(Cl)c2Cl)cc1. The summed E-state index contributed by atoms with van der Waals surface area (Å²) in [5.74, 6) is 0.220. The molecule has 0 saturated heterocycles. The van der Waals surface area contributed by atoms with E-state index in [4.69, 9.17) is 23.2 Å². The van der Waals surface area contributed by atoms with Crippen molar-refractivity contribution in [2.45, 2.75) is 11.8 Å². The van der Waals surface area contributed by atoms with Crippen LogP contribution in [-0.4, -0.2) is 17.4 Å². The summed E-state index contributed by atoms with van der Waals surface area (Å²) in [5.41, 5.74) is 1.44. The predicted molar refractivity (Wildman–Crippen MR) is 91.4 cm³/mol. The van der Waals surface area contributed by atoms with Gasteiger partial charge in [-0.2, -0.15) is 0 Å². The van der Waals surface area contributed by atoms with Crippen LogP contribution < -0.4 is 0 Å². The Hall–Kier alpha value is -1.82. The molecule has 0 atom stereocenters. The molecule has 1 heterocycles. The summed E-state index contributed by atoms with van der Waals surface area (Å²) in [7, 11) is -3.77. The maximum Gasteiger partial charge on any atom is 0.269 e. The van der Waals surface area contributed by atoms with Gasteiger partial charge < -0.3 is 0 Å². The van der Waals surface area contributed by atoms with Crippen molar-refractivity contribution in [3.63, 3.8) is 0 Å². The molecule has 3 aromatic rings. The highest BCUT2D eigenvalue weighted by Crippen LogP contribution is 2.33. The van der Waals surface area contributed by atoms with Crippen LogP contribution in [0.4, 0.5) is 0 Å². The highest BCUT2D eigenvalue weighted by Gasteiger charge is 2.22. The molecule has 4 nitrogen and oxygen atoms in total. The van der Waals surface area contributed by atoms with E-state index in [1.165, 1.54) is 12.4 Å². The maximum absolute atomic E-state index is 12.8. The van der Waals surface area contributed by atoms with Crippen molar-refractivity contribution >= 4 is 33.2 Å².